The highest BCUT2D eigenvalue weighted by atomic mass is 16.2. The molecule has 0 radical (unpaired) electrons. The molecule has 0 spiro atoms. The van der Waals surface area contributed by atoms with Gasteiger partial charge < -0.3 is 10.6 Å². The van der Waals surface area contributed by atoms with E-state index in [1.165, 1.54) is 0 Å². The van der Waals surface area contributed by atoms with Crippen molar-refractivity contribution in [3.8, 4) is 0 Å². The lowest BCUT2D eigenvalue weighted by Crippen LogP contribution is -2.35. The Morgan fingerprint density at radius 1 is 0.955 bits per heavy atom. The van der Waals surface area contributed by atoms with Crippen LogP contribution in [-0.2, 0) is 17.9 Å². The number of hydrogen-bond donors (Lipinski definition) is 1. The number of benzene rings is 2. The molecule has 0 fully saturated rings. The molecule has 2 rings (SSSR count). The minimum Gasteiger partial charge on any atom is -0.334 e. The molecule has 2 N–H and O–H groups in total. The molecular formula is C19H24N2O. The molecule has 0 aliphatic carbocycles. The molecule has 22 heavy (non-hydrogen) atoms. The zero-order valence-corrected chi connectivity index (χ0v) is 13.1. The van der Waals surface area contributed by atoms with Crippen molar-refractivity contribution in [1.29, 1.82) is 0 Å². The quantitative estimate of drug-likeness (QED) is 0.853. The Hall–Kier alpha value is -2.13. The Kier molecular flexibility index (Phi) is 6.16. The van der Waals surface area contributed by atoms with E-state index in [-0.39, 0.29) is 11.8 Å². The summed E-state index contributed by atoms with van der Waals surface area (Å²) < 4.78 is 0. The van der Waals surface area contributed by atoms with Crippen molar-refractivity contribution in [2.75, 3.05) is 6.54 Å². The van der Waals surface area contributed by atoms with E-state index in [0.717, 1.165) is 17.5 Å². The molecule has 1 unspecified atom stereocenters. The Labute approximate surface area is 132 Å². The topological polar surface area (TPSA) is 46.3 Å². The van der Waals surface area contributed by atoms with Gasteiger partial charge in [0.05, 0.1) is 0 Å². The molecule has 2 aromatic rings. The van der Waals surface area contributed by atoms with Gasteiger partial charge in [-0.25, -0.2) is 0 Å². The zero-order valence-electron chi connectivity index (χ0n) is 13.1. The smallest absolute Gasteiger partial charge is 0.226 e. The molecule has 0 bridgehead atoms. The molecule has 0 aromatic heterocycles. The van der Waals surface area contributed by atoms with Gasteiger partial charge in [0.1, 0.15) is 0 Å². The molecule has 0 aliphatic rings. The van der Waals surface area contributed by atoms with Gasteiger partial charge in [0.25, 0.3) is 0 Å². The molecule has 116 valence electrons. The zero-order chi connectivity index (χ0) is 15.8. The van der Waals surface area contributed by atoms with E-state index in [4.69, 9.17) is 5.73 Å². The van der Waals surface area contributed by atoms with Crippen molar-refractivity contribution in [2.45, 2.75) is 26.4 Å². The third-order valence-corrected chi connectivity index (χ3v) is 3.77. The first kappa shape index (κ1) is 16.2. The molecule has 0 saturated carbocycles. The van der Waals surface area contributed by atoms with Gasteiger partial charge in [-0.2, -0.15) is 0 Å². The van der Waals surface area contributed by atoms with E-state index in [1.807, 2.05) is 48.2 Å². The van der Waals surface area contributed by atoms with E-state index in [0.29, 0.717) is 19.6 Å². The number of rotatable bonds is 7. The van der Waals surface area contributed by atoms with Crippen molar-refractivity contribution in [1.82, 2.24) is 4.90 Å². The Bertz CT molecular complexity index is 527. The van der Waals surface area contributed by atoms with Crippen molar-refractivity contribution in [3.63, 3.8) is 0 Å². The largest absolute Gasteiger partial charge is 0.334 e. The molecule has 0 aliphatic heterocycles. The van der Waals surface area contributed by atoms with Crippen LogP contribution in [0.15, 0.2) is 60.7 Å². The summed E-state index contributed by atoms with van der Waals surface area (Å²) in [4.78, 5) is 14.6. The van der Waals surface area contributed by atoms with Gasteiger partial charge in [-0.05, 0) is 24.1 Å². The Morgan fingerprint density at radius 2 is 1.41 bits per heavy atom. The molecule has 3 nitrogen and oxygen atoms in total. The van der Waals surface area contributed by atoms with Gasteiger partial charge in [-0.15, -0.1) is 0 Å². The highest BCUT2D eigenvalue weighted by Crippen LogP contribution is 2.15. The first-order valence-corrected chi connectivity index (χ1v) is 7.77. The summed E-state index contributed by atoms with van der Waals surface area (Å²) in [5, 5.41) is 0. The maximum absolute atomic E-state index is 12.7. The predicted molar refractivity (Wildman–Crippen MR) is 90.0 cm³/mol. The summed E-state index contributed by atoms with van der Waals surface area (Å²) in [6.45, 7) is 3.75. The molecule has 1 atom stereocenters. The molecule has 1 amide bonds. The van der Waals surface area contributed by atoms with Gasteiger partial charge in [-0.3, -0.25) is 4.79 Å². The summed E-state index contributed by atoms with van der Waals surface area (Å²) in [6.07, 6.45) is 0.721. The van der Waals surface area contributed by atoms with Crippen molar-refractivity contribution >= 4 is 5.91 Å². The van der Waals surface area contributed by atoms with Crippen LogP contribution in [-0.4, -0.2) is 17.4 Å². The average molecular weight is 296 g/mol. The lowest BCUT2D eigenvalue weighted by atomic mass is 10.0. The average Bonchev–Trinajstić information content (AvgIpc) is 2.56. The first-order chi connectivity index (χ1) is 10.7. The van der Waals surface area contributed by atoms with Crippen LogP contribution in [0.2, 0.25) is 0 Å². The van der Waals surface area contributed by atoms with Crippen molar-refractivity contribution in [2.24, 2.45) is 11.7 Å². The van der Waals surface area contributed by atoms with Crippen LogP contribution in [0.3, 0.4) is 0 Å². The minimum atomic E-state index is -0.0441. The fourth-order valence-corrected chi connectivity index (χ4v) is 2.50. The van der Waals surface area contributed by atoms with E-state index in [1.54, 1.807) is 0 Å². The van der Waals surface area contributed by atoms with Crippen molar-refractivity contribution < 1.29 is 4.79 Å². The monoisotopic (exact) mass is 296 g/mol. The number of carbonyl (C=O) groups is 1. The third-order valence-electron chi connectivity index (χ3n) is 3.77. The maximum atomic E-state index is 12.7. The Morgan fingerprint density at radius 3 is 1.82 bits per heavy atom. The third kappa shape index (κ3) is 4.71. The highest BCUT2D eigenvalue weighted by molar-refractivity contribution is 5.78. The van der Waals surface area contributed by atoms with Crippen LogP contribution in [0, 0.1) is 5.92 Å². The lowest BCUT2D eigenvalue weighted by Gasteiger charge is -2.26. The summed E-state index contributed by atoms with van der Waals surface area (Å²) in [5.74, 6) is 0.121. The van der Waals surface area contributed by atoms with Gasteiger partial charge in [-0.1, -0.05) is 67.6 Å². The van der Waals surface area contributed by atoms with Crippen LogP contribution < -0.4 is 5.73 Å². The van der Waals surface area contributed by atoms with Gasteiger partial charge in [0.15, 0.2) is 0 Å². The minimum absolute atomic E-state index is 0.0441. The lowest BCUT2D eigenvalue weighted by molar-refractivity contribution is -0.136. The van der Waals surface area contributed by atoms with E-state index < -0.39 is 0 Å². The van der Waals surface area contributed by atoms with Gasteiger partial charge in [0, 0.05) is 19.0 Å². The van der Waals surface area contributed by atoms with E-state index >= 15 is 0 Å². The molecule has 3 heteroatoms. The van der Waals surface area contributed by atoms with Crippen LogP contribution >= 0.6 is 0 Å². The van der Waals surface area contributed by atoms with Crippen LogP contribution in [0.25, 0.3) is 0 Å². The van der Waals surface area contributed by atoms with Crippen LogP contribution in [0.1, 0.15) is 24.5 Å². The number of amides is 1. The second-order valence-corrected chi connectivity index (χ2v) is 5.64. The van der Waals surface area contributed by atoms with Gasteiger partial charge in [0.2, 0.25) is 5.91 Å². The summed E-state index contributed by atoms with van der Waals surface area (Å²) in [6, 6.07) is 20.2. The fraction of sp³-hybridized carbons (Fsp3) is 0.316. The molecular weight excluding hydrogens is 272 g/mol. The van der Waals surface area contributed by atoms with E-state index in [2.05, 4.69) is 24.3 Å². The number of nitrogens with two attached hydrogens (primary N) is 1. The normalized spacial score (nSPS) is 11.9. The summed E-state index contributed by atoms with van der Waals surface area (Å²) >= 11 is 0. The van der Waals surface area contributed by atoms with Gasteiger partial charge >= 0.3 is 0 Å². The fourth-order valence-electron chi connectivity index (χ4n) is 2.50. The van der Waals surface area contributed by atoms with E-state index in [9.17, 15) is 4.79 Å². The highest BCUT2D eigenvalue weighted by Gasteiger charge is 2.20. The molecule has 0 saturated heterocycles. The first-order valence-electron chi connectivity index (χ1n) is 7.77. The SMILES string of the molecule is CC(CCN)C(=O)N(Cc1ccccc1)Cc1ccccc1. The second-order valence-electron chi connectivity index (χ2n) is 5.64. The maximum Gasteiger partial charge on any atom is 0.226 e. The Balaban J connectivity index is 2.14. The predicted octanol–water partition coefficient (Wildman–Crippen LogP) is 3.20. The standard InChI is InChI=1S/C19H24N2O/c1-16(12-13-20)19(22)21(14-17-8-4-2-5-9-17)15-18-10-6-3-7-11-18/h2-11,16H,12-15,20H2,1H3. The number of carbonyl (C=O) groups excluding carboxylic acids is 1. The summed E-state index contributed by atoms with van der Waals surface area (Å²) in [5.41, 5.74) is 7.89. The summed E-state index contributed by atoms with van der Waals surface area (Å²) in [7, 11) is 0. The van der Waals surface area contributed by atoms with Crippen molar-refractivity contribution in [3.05, 3.63) is 71.8 Å². The second kappa shape index (κ2) is 8.35. The molecule has 0 heterocycles. The number of nitrogens with zero attached hydrogens (tertiary/aromatic N) is 1. The molecule has 2 aromatic carbocycles. The van der Waals surface area contributed by atoms with Crippen LogP contribution in [0.4, 0.5) is 0 Å². The van der Waals surface area contributed by atoms with Crippen LogP contribution in [0.5, 0.6) is 0 Å². The number of hydrogen-bond acceptors (Lipinski definition) is 2.